The summed E-state index contributed by atoms with van der Waals surface area (Å²) in [6.45, 7) is 3.75. The Labute approximate surface area is 97.3 Å². The van der Waals surface area contributed by atoms with E-state index in [0.717, 1.165) is 16.5 Å². The number of pyridine rings is 1. The standard InChI is InChI=1S/C13H11N3O/c1-7-11-9-5-3-4-6-10(9)13(17)16-12(11)15-8(2)14-7/h3-6H,1-2H3,(H,14,15,16,17). The maximum absolute atomic E-state index is 11.9. The van der Waals surface area contributed by atoms with Crippen LogP contribution in [0, 0.1) is 13.8 Å². The van der Waals surface area contributed by atoms with Gasteiger partial charge in [-0.3, -0.25) is 4.79 Å². The van der Waals surface area contributed by atoms with Gasteiger partial charge < -0.3 is 4.98 Å². The highest BCUT2D eigenvalue weighted by atomic mass is 16.1. The maximum Gasteiger partial charge on any atom is 0.257 e. The third kappa shape index (κ3) is 1.41. The first kappa shape index (κ1) is 9.96. The number of aromatic nitrogens is 3. The molecule has 0 bridgehead atoms. The minimum Gasteiger partial charge on any atom is -0.306 e. The fraction of sp³-hybridized carbons (Fsp3) is 0.154. The summed E-state index contributed by atoms with van der Waals surface area (Å²) in [6, 6.07) is 7.51. The normalized spacial score (nSPS) is 11.2. The monoisotopic (exact) mass is 225 g/mol. The van der Waals surface area contributed by atoms with Gasteiger partial charge in [-0.1, -0.05) is 18.2 Å². The number of H-pyrrole nitrogens is 1. The highest BCUT2D eigenvalue weighted by Crippen LogP contribution is 2.21. The number of hydrogen-bond acceptors (Lipinski definition) is 3. The zero-order valence-electron chi connectivity index (χ0n) is 9.61. The van der Waals surface area contributed by atoms with Crippen molar-refractivity contribution in [1.29, 1.82) is 0 Å². The first-order valence-electron chi connectivity index (χ1n) is 5.43. The van der Waals surface area contributed by atoms with E-state index in [4.69, 9.17) is 0 Å². The molecular formula is C13H11N3O. The van der Waals surface area contributed by atoms with Gasteiger partial charge in [0.15, 0.2) is 0 Å². The quantitative estimate of drug-likeness (QED) is 0.596. The smallest absolute Gasteiger partial charge is 0.257 e. The number of benzene rings is 1. The van der Waals surface area contributed by atoms with E-state index in [9.17, 15) is 4.79 Å². The van der Waals surface area contributed by atoms with Gasteiger partial charge in [0.25, 0.3) is 5.56 Å². The number of aryl methyl sites for hydroxylation is 2. The molecule has 1 N–H and O–H groups in total. The lowest BCUT2D eigenvalue weighted by Gasteiger charge is -2.06. The minimum atomic E-state index is -0.106. The molecule has 0 saturated carbocycles. The van der Waals surface area contributed by atoms with Gasteiger partial charge in [-0.25, -0.2) is 9.97 Å². The van der Waals surface area contributed by atoms with Crippen molar-refractivity contribution >= 4 is 21.8 Å². The SMILES string of the molecule is Cc1nc(C)c2c(n1)[nH]c(=O)c1ccccc12. The molecule has 4 heteroatoms. The second-order valence-corrected chi connectivity index (χ2v) is 4.08. The Morgan fingerprint density at radius 2 is 1.76 bits per heavy atom. The molecule has 1 aromatic carbocycles. The second kappa shape index (κ2) is 3.38. The summed E-state index contributed by atoms with van der Waals surface area (Å²) in [5, 5.41) is 2.50. The van der Waals surface area contributed by atoms with Gasteiger partial charge in [0, 0.05) is 10.8 Å². The first-order valence-corrected chi connectivity index (χ1v) is 5.43. The average Bonchev–Trinajstić information content (AvgIpc) is 2.28. The Kier molecular flexibility index (Phi) is 1.98. The number of nitrogens with one attached hydrogen (secondary N) is 1. The molecule has 3 rings (SSSR count). The molecule has 0 aliphatic rings. The summed E-state index contributed by atoms with van der Waals surface area (Å²) in [6.07, 6.45) is 0. The van der Waals surface area contributed by atoms with Crippen LogP contribution in [0.3, 0.4) is 0 Å². The topological polar surface area (TPSA) is 58.6 Å². The Bertz CT molecular complexity index is 790. The van der Waals surface area contributed by atoms with Crippen LogP contribution in [0.1, 0.15) is 11.5 Å². The van der Waals surface area contributed by atoms with E-state index in [0.29, 0.717) is 16.9 Å². The van der Waals surface area contributed by atoms with Crippen molar-refractivity contribution in [3.63, 3.8) is 0 Å². The Hall–Kier alpha value is -2.23. The summed E-state index contributed by atoms with van der Waals surface area (Å²) < 4.78 is 0. The molecule has 0 spiro atoms. The van der Waals surface area contributed by atoms with Crippen LogP contribution in [-0.4, -0.2) is 15.0 Å². The molecule has 0 aliphatic carbocycles. The predicted molar refractivity (Wildman–Crippen MR) is 67.1 cm³/mol. The molecular weight excluding hydrogens is 214 g/mol. The molecule has 17 heavy (non-hydrogen) atoms. The molecule has 0 fully saturated rings. The van der Waals surface area contributed by atoms with E-state index in [2.05, 4.69) is 15.0 Å². The molecule has 0 aliphatic heterocycles. The minimum absolute atomic E-state index is 0.106. The highest BCUT2D eigenvalue weighted by Gasteiger charge is 2.09. The molecule has 0 saturated heterocycles. The lowest BCUT2D eigenvalue weighted by Crippen LogP contribution is -2.09. The van der Waals surface area contributed by atoms with Gasteiger partial charge in [0.2, 0.25) is 0 Å². The zero-order chi connectivity index (χ0) is 12.0. The maximum atomic E-state index is 11.9. The summed E-state index contributed by atoms with van der Waals surface area (Å²) >= 11 is 0. The lowest BCUT2D eigenvalue weighted by atomic mass is 10.1. The molecule has 3 aromatic rings. The Morgan fingerprint density at radius 1 is 1.06 bits per heavy atom. The van der Waals surface area contributed by atoms with Crippen LogP contribution in [0.5, 0.6) is 0 Å². The third-order valence-corrected chi connectivity index (χ3v) is 2.87. The molecule has 4 nitrogen and oxygen atoms in total. The first-order chi connectivity index (χ1) is 8.16. The van der Waals surface area contributed by atoms with E-state index in [1.54, 1.807) is 0 Å². The van der Waals surface area contributed by atoms with Crippen LogP contribution in [0.2, 0.25) is 0 Å². The summed E-state index contributed by atoms with van der Waals surface area (Å²) in [7, 11) is 0. The van der Waals surface area contributed by atoms with Crippen LogP contribution >= 0.6 is 0 Å². The molecule has 0 unspecified atom stereocenters. The van der Waals surface area contributed by atoms with Crippen LogP contribution in [-0.2, 0) is 0 Å². The van der Waals surface area contributed by atoms with Crippen LogP contribution < -0.4 is 5.56 Å². The van der Waals surface area contributed by atoms with Gasteiger partial charge in [-0.2, -0.15) is 0 Å². The summed E-state index contributed by atoms with van der Waals surface area (Å²) in [5.41, 5.74) is 1.39. The molecule has 2 heterocycles. The lowest BCUT2D eigenvalue weighted by molar-refractivity contribution is 1.03. The number of nitrogens with zero attached hydrogens (tertiary/aromatic N) is 2. The van der Waals surface area contributed by atoms with Crippen LogP contribution in [0.25, 0.3) is 21.8 Å². The van der Waals surface area contributed by atoms with Crippen molar-refractivity contribution < 1.29 is 0 Å². The van der Waals surface area contributed by atoms with Crippen molar-refractivity contribution in [2.24, 2.45) is 0 Å². The van der Waals surface area contributed by atoms with Crippen molar-refractivity contribution in [1.82, 2.24) is 15.0 Å². The van der Waals surface area contributed by atoms with Gasteiger partial charge in [-0.05, 0) is 25.3 Å². The zero-order valence-corrected chi connectivity index (χ0v) is 9.61. The van der Waals surface area contributed by atoms with E-state index >= 15 is 0 Å². The summed E-state index contributed by atoms with van der Waals surface area (Å²) in [4.78, 5) is 23.3. The van der Waals surface area contributed by atoms with Gasteiger partial charge >= 0.3 is 0 Å². The van der Waals surface area contributed by atoms with Gasteiger partial charge in [-0.15, -0.1) is 0 Å². The highest BCUT2D eigenvalue weighted by molar-refractivity contribution is 6.05. The van der Waals surface area contributed by atoms with Gasteiger partial charge in [0.1, 0.15) is 11.5 Å². The van der Waals surface area contributed by atoms with Crippen LogP contribution in [0.15, 0.2) is 29.1 Å². The van der Waals surface area contributed by atoms with E-state index < -0.39 is 0 Å². The molecule has 2 aromatic heterocycles. The van der Waals surface area contributed by atoms with E-state index in [1.807, 2.05) is 38.1 Å². The summed E-state index contributed by atoms with van der Waals surface area (Å²) in [5.74, 6) is 0.668. The average molecular weight is 225 g/mol. The third-order valence-electron chi connectivity index (χ3n) is 2.87. The van der Waals surface area contributed by atoms with E-state index in [-0.39, 0.29) is 5.56 Å². The predicted octanol–water partition coefficient (Wildman–Crippen LogP) is 2.09. The van der Waals surface area contributed by atoms with Crippen molar-refractivity contribution in [3.05, 3.63) is 46.1 Å². The van der Waals surface area contributed by atoms with Gasteiger partial charge in [0.05, 0.1) is 5.69 Å². The Balaban J connectivity index is 2.69. The number of aromatic amines is 1. The fourth-order valence-electron chi connectivity index (χ4n) is 2.20. The van der Waals surface area contributed by atoms with Crippen molar-refractivity contribution in [2.75, 3.05) is 0 Å². The molecule has 84 valence electrons. The molecule has 0 amide bonds. The number of rotatable bonds is 0. The number of hydrogen-bond donors (Lipinski definition) is 1. The van der Waals surface area contributed by atoms with E-state index in [1.165, 1.54) is 0 Å². The molecule has 0 atom stereocenters. The van der Waals surface area contributed by atoms with Crippen molar-refractivity contribution in [3.8, 4) is 0 Å². The fourth-order valence-corrected chi connectivity index (χ4v) is 2.20. The largest absolute Gasteiger partial charge is 0.306 e. The Morgan fingerprint density at radius 3 is 2.53 bits per heavy atom. The number of fused-ring (bicyclic) bond motifs is 3. The molecule has 0 radical (unpaired) electrons. The second-order valence-electron chi connectivity index (χ2n) is 4.08. The van der Waals surface area contributed by atoms with Crippen LogP contribution in [0.4, 0.5) is 0 Å². The van der Waals surface area contributed by atoms with Crippen molar-refractivity contribution in [2.45, 2.75) is 13.8 Å².